The van der Waals surface area contributed by atoms with Gasteiger partial charge in [0.2, 0.25) is 22.7 Å². The molecule has 1 saturated heterocycles. The molecule has 140 valence electrons. The van der Waals surface area contributed by atoms with E-state index in [0.29, 0.717) is 42.9 Å². The fourth-order valence-corrected chi connectivity index (χ4v) is 4.67. The number of carbonyl (C=O) groups is 2. The Labute approximate surface area is 151 Å². The zero-order chi connectivity index (χ0) is 18.5. The zero-order valence-corrected chi connectivity index (χ0v) is 15.2. The van der Waals surface area contributed by atoms with Crippen LogP contribution in [0.5, 0.6) is 11.5 Å². The molecule has 1 aliphatic carbocycles. The Hall–Kier alpha value is -2.29. The molecule has 0 bridgehead atoms. The van der Waals surface area contributed by atoms with E-state index in [9.17, 15) is 18.0 Å². The second kappa shape index (κ2) is 5.87. The number of carbonyl (C=O) groups excluding carboxylic acids is 2. The number of likely N-dealkylation sites (tertiary alicyclic amines) is 1. The summed E-state index contributed by atoms with van der Waals surface area (Å²) < 4.78 is 36.7. The lowest BCUT2D eigenvalue weighted by Crippen LogP contribution is -2.45. The van der Waals surface area contributed by atoms with Gasteiger partial charge in [-0.3, -0.25) is 14.3 Å². The van der Waals surface area contributed by atoms with Gasteiger partial charge in [0, 0.05) is 18.7 Å². The second-order valence-electron chi connectivity index (χ2n) is 7.28. The van der Waals surface area contributed by atoms with Gasteiger partial charge in [0.05, 0.1) is 10.7 Å². The number of rotatable bonds is 4. The first-order valence-corrected chi connectivity index (χ1v) is 10.1. The van der Waals surface area contributed by atoms with Gasteiger partial charge in [0.1, 0.15) is 0 Å². The monoisotopic (exact) mass is 380 g/mol. The van der Waals surface area contributed by atoms with Crippen molar-refractivity contribution in [3.05, 3.63) is 23.8 Å². The Balaban J connectivity index is 1.45. The van der Waals surface area contributed by atoms with Gasteiger partial charge in [-0.2, -0.15) is 0 Å². The average Bonchev–Trinajstić information content (AvgIpc) is 3.24. The molecule has 1 saturated carbocycles. The van der Waals surface area contributed by atoms with E-state index in [4.69, 9.17) is 9.47 Å². The lowest BCUT2D eigenvalue weighted by molar-refractivity contribution is -0.127. The van der Waals surface area contributed by atoms with Crippen LogP contribution in [0.3, 0.4) is 0 Å². The van der Waals surface area contributed by atoms with Crippen LogP contribution in [0, 0.1) is 5.41 Å². The van der Waals surface area contributed by atoms with Crippen molar-refractivity contribution >= 4 is 21.8 Å². The Morgan fingerprint density at radius 3 is 2.69 bits per heavy atom. The fraction of sp³-hybridized carbons (Fsp3) is 0.529. The maximum Gasteiger partial charge on any atom is 0.254 e. The van der Waals surface area contributed by atoms with Crippen LogP contribution in [-0.2, 0) is 14.8 Å². The zero-order valence-electron chi connectivity index (χ0n) is 14.4. The van der Waals surface area contributed by atoms with E-state index >= 15 is 0 Å². The molecule has 0 radical (unpaired) electrons. The van der Waals surface area contributed by atoms with Crippen molar-refractivity contribution in [3.63, 3.8) is 0 Å². The van der Waals surface area contributed by atoms with Crippen LogP contribution in [0.25, 0.3) is 0 Å². The van der Waals surface area contributed by atoms with Gasteiger partial charge in [-0.15, -0.1) is 0 Å². The van der Waals surface area contributed by atoms with Crippen molar-refractivity contribution in [1.82, 2.24) is 9.62 Å². The summed E-state index contributed by atoms with van der Waals surface area (Å²) in [5, 5.41) is -0.456. The van der Waals surface area contributed by atoms with E-state index in [-0.39, 0.29) is 19.2 Å². The third-order valence-corrected chi connectivity index (χ3v) is 6.95. The highest BCUT2D eigenvalue weighted by Crippen LogP contribution is 2.36. The maximum atomic E-state index is 12.7. The summed E-state index contributed by atoms with van der Waals surface area (Å²) in [6, 6.07) is 4.96. The number of amides is 2. The number of fused-ring (bicyclic) bond motifs is 1. The largest absolute Gasteiger partial charge is 0.454 e. The summed E-state index contributed by atoms with van der Waals surface area (Å²) >= 11 is 0. The normalized spacial score (nSPS) is 24.6. The fourth-order valence-electron chi connectivity index (χ4n) is 3.25. The van der Waals surface area contributed by atoms with E-state index < -0.39 is 26.6 Å². The summed E-state index contributed by atoms with van der Waals surface area (Å²) in [4.78, 5) is 26.8. The predicted octanol–water partition coefficient (Wildman–Crippen LogP) is 0.876. The smallest absolute Gasteiger partial charge is 0.254 e. The number of benzene rings is 1. The SMILES string of the molecule is CC1(C(=O)NS(=O)(=O)C2CC2)CCN(C(=O)c2ccc3c(c2)OCO3)C1. The summed E-state index contributed by atoms with van der Waals surface area (Å²) in [7, 11) is -3.59. The molecule has 1 unspecified atom stereocenters. The molecule has 1 aromatic carbocycles. The molecule has 2 aliphatic heterocycles. The molecule has 1 aromatic rings. The molecular weight excluding hydrogens is 360 g/mol. The number of hydrogen-bond acceptors (Lipinski definition) is 6. The predicted molar refractivity (Wildman–Crippen MR) is 91.3 cm³/mol. The lowest BCUT2D eigenvalue weighted by Gasteiger charge is -2.23. The molecule has 2 fully saturated rings. The minimum atomic E-state index is -3.59. The Morgan fingerprint density at radius 1 is 1.23 bits per heavy atom. The molecular formula is C17H20N2O6S. The third-order valence-electron chi connectivity index (χ3n) is 5.13. The van der Waals surface area contributed by atoms with Crippen molar-refractivity contribution in [2.24, 2.45) is 5.41 Å². The molecule has 3 aliphatic rings. The van der Waals surface area contributed by atoms with Crippen molar-refractivity contribution in [2.45, 2.75) is 31.4 Å². The maximum absolute atomic E-state index is 12.7. The van der Waals surface area contributed by atoms with Crippen molar-refractivity contribution in [2.75, 3.05) is 19.9 Å². The van der Waals surface area contributed by atoms with Gasteiger partial charge in [0.15, 0.2) is 11.5 Å². The molecule has 4 rings (SSSR count). The van der Waals surface area contributed by atoms with E-state index in [1.807, 2.05) is 0 Å². The van der Waals surface area contributed by atoms with Crippen LogP contribution < -0.4 is 14.2 Å². The highest BCUT2D eigenvalue weighted by atomic mass is 32.2. The molecule has 1 N–H and O–H groups in total. The number of ether oxygens (including phenoxy) is 2. The third kappa shape index (κ3) is 3.00. The van der Waals surface area contributed by atoms with E-state index in [1.165, 1.54) is 0 Å². The molecule has 2 heterocycles. The number of sulfonamides is 1. The van der Waals surface area contributed by atoms with Gasteiger partial charge in [-0.1, -0.05) is 0 Å². The summed E-state index contributed by atoms with van der Waals surface area (Å²) in [6.45, 7) is 2.38. The second-order valence-corrected chi connectivity index (χ2v) is 9.24. The molecule has 9 heteroatoms. The molecule has 1 atom stereocenters. The van der Waals surface area contributed by atoms with Gasteiger partial charge >= 0.3 is 0 Å². The number of hydrogen-bond donors (Lipinski definition) is 1. The Morgan fingerprint density at radius 2 is 1.96 bits per heavy atom. The van der Waals surface area contributed by atoms with E-state index in [1.54, 1.807) is 30.0 Å². The highest BCUT2D eigenvalue weighted by molar-refractivity contribution is 7.90. The van der Waals surface area contributed by atoms with Crippen LogP contribution in [0.4, 0.5) is 0 Å². The number of nitrogens with zero attached hydrogens (tertiary/aromatic N) is 1. The Bertz CT molecular complexity index is 879. The minimum Gasteiger partial charge on any atom is -0.454 e. The van der Waals surface area contributed by atoms with E-state index in [0.717, 1.165) is 0 Å². The van der Waals surface area contributed by atoms with E-state index in [2.05, 4.69) is 4.72 Å². The van der Waals surface area contributed by atoms with Crippen molar-refractivity contribution in [3.8, 4) is 11.5 Å². The lowest BCUT2D eigenvalue weighted by atomic mass is 9.89. The van der Waals surface area contributed by atoms with Gasteiger partial charge in [-0.25, -0.2) is 8.42 Å². The molecule has 0 aromatic heterocycles. The Kier molecular flexibility index (Phi) is 3.87. The standard InChI is InChI=1S/C17H20N2O6S/c1-17(16(21)18-26(22,23)12-3-4-12)6-7-19(9-17)15(20)11-2-5-13-14(8-11)25-10-24-13/h2,5,8,12H,3-4,6-7,9-10H2,1H3,(H,18,21). The average molecular weight is 380 g/mol. The first-order valence-electron chi connectivity index (χ1n) is 8.53. The summed E-state index contributed by atoms with van der Waals surface area (Å²) in [6.07, 6.45) is 1.59. The molecule has 26 heavy (non-hydrogen) atoms. The van der Waals surface area contributed by atoms with Crippen LogP contribution in [0.2, 0.25) is 0 Å². The highest BCUT2D eigenvalue weighted by Gasteiger charge is 2.45. The van der Waals surface area contributed by atoms with Crippen LogP contribution >= 0.6 is 0 Å². The van der Waals surface area contributed by atoms with Gasteiger partial charge < -0.3 is 14.4 Å². The molecule has 0 spiro atoms. The summed E-state index contributed by atoms with van der Waals surface area (Å²) in [5.74, 6) is 0.360. The number of nitrogens with one attached hydrogen (secondary N) is 1. The van der Waals surface area contributed by atoms with Crippen LogP contribution in [0.1, 0.15) is 36.5 Å². The summed E-state index contributed by atoms with van der Waals surface area (Å²) in [5.41, 5.74) is -0.474. The van der Waals surface area contributed by atoms with Gasteiger partial charge in [-0.05, 0) is 44.4 Å². The van der Waals surface area contributed by atoms with Gasteiger partial charge in [0.25, 0.3) is 5.91 Å². The topological polar surface area (TPSA) is 102 Å². The first-order chi connectivity index (χ1) is 12.3. The van der Waals surface area contributed by atoms with Crippen LogP contribution in [-0.4, -0.2) is 50.3 Å². The first kappa shape index (κ1) is 17.1. The molecule has 2 amide bonds. The molecule has 8 nitrogen and oxygen atoms in total. The minimum absolute atomic E-state index is 0.129. The van der Waals surface area contributed by atoms with Crippen molar-refractivity contribution < 1.29 is 27.5 Å². The van der Waals surface area contributed by atoms with Crippen LogP contribution in [0.15, 0.2) is 18.2 Å². The quantitative estimate of drug-likeness (QED) is 0.832. The van der Waals surface area contributed by atoms with Crippen molar-refractivity contribution in [1.29, 1.82) is 0 Å².